The van der Waals surface area contributed by atoms with Crippen molar-refractivity contribution < 1.29 is 24.3 Å². The molecular formula is C24H21ClN2O5S. The fourth-order valence-electron chi connectivity index (χ4n) is 3.05. The van der Waals surface area contributed by atoms with Gasteiger partial charge in [-0.1, -0.05) is 54.1 Å². The molecule has 0 bridgehead atoms. The van der Waals surface area contributed by atoms with Crippen LogP contribution in [0.15, 0.2) is 66.0 Å². The lowest BCUT2D eigenvalue weighted by Crippen LogP contribution is -2.48. The van der Waals surface area contributed by atoms with Crippen molar-refractivity contribution in [3.8, 4) is 0 Å². The zero-order valence-corrected chi connectivity index (χ0v) is 19.0. The van der Waals surface area contributed by atoms with Crippen molar-refractivity contribution in [2.45, 2.75) is 18.9 Å². The molecule has 7 nitrogen and oxygen atoms in total. The number of hydrogen-bond acceptors (Lipinski definition) is 5. The van der Waals surface area contributed by atoms with E-state index in [9.17, 15) is 24.3 Å². The van der Waals surface area contributed by atoms with Gasteiger partial charge < -0.3 is 15.7 Å². The van der Waals surface area contributed by atoms with Gasteiger partial charge in [0.15, 0.2) is 5.78 Å². The maximum absolute atomic E-state index is 12.6. The van der Waals surface area contributed by atoms with Crippen molar-refractivity contribution in [1.29, 1.82) is 0 Å². The summed E-state index contributed by atoms with van der Waals surface area (Å²) in [6, 6.07) is 15.8. The van der Waals surface area contributed by atoms with Crippen LogP contribution >= 0.6 is 22.9 Å². The van der Waals surface area contributed by atoms with Crippen molar-refractivity contribution in [1.82, 2.24) is 10.6 Å². The first kappa shape index (κ1) is 24.2. The van der Waals surface area contributed by atoms with E-state index in [-0.39, 0.29) is 29.3 Å². The number of amides is 2. The summed E-state index contributed by atoms with van der Waals surface area (Å²) in [4.78, 5) is 49.1. The van der Waals surface area contributed by atoms with Crippen LogP contribution in [0.25, 0.3) is 0 Å². The minimum atomic E-state index is -1.36. The van der Waals surface area contributed by atoms with E-state index >= 15 is 0 Å². The molecule has 0 unspecified atom stereocenters. The van der Waals surface area contributed by atoms with Crippen molar-refractivity contribution in [3.05, 3.63) is 92.6 Å². The number of carbonyl (C=O) groups is 4. The van der Waals surface area contributed by atoms with Crippen LogP contribution in [0, 0.1) is 0 Å². The number of carboxylic acids is 1. The average Bonchev–Trinajstić information content (AvgIpc) is 3.35. The topological polar surface area (TPSA) is 113 Å². The van der Waals surface area contributed by atoms with E-state index in [2.05, 4.69) is 10.6 Å². The first-order valence-corrected chi connectivity index (χ1v) is 11.3. The second kappa shape index (κ2) is 11.4. The fraction of sp³-hybridized carbons (Fsp3) is 0.167. The van der Waals surface area contributed by atoms with Gasteiger partial charge in [-0.25, -0.2) is 4.79 Å². The van der Waals surface area contributed by atoms with Gasteiger partial charge in [0.2, 0.25) is 0 Å². The largest absolute Gasteiger partial charge is 0.480 e. The van der Waals surface area contributed by atoms with Gasteiger partial charge in [0.1, 0.15) is 6.04 Å². The predicted octanol–water partition coefficient (Wildman–Crippen LogP) is 3.83. The Balaban J connectivity index is 1.60. The van der Waals surface area contributed by atoms with Gasteiger partial charge in [-0.2, -0.15) is 0 Å². The number of ketones is 1. The summed E-state index contributed by atoms with van der Waals surface area (Å²) in [6.45, 7) is -0.300. The number of hydrogen-bond donors (Lipinski definition) is 3. The second-order valence-corrected chi connectivity index (χ2v) is 8.51. The van der Waals surface area contributed by atoms with E-state index in [1.807, 2.05) is 30.3 Å². The summed E-state index contributed by atoms with van der Waals surface area (Å²) in [5, 5.41) is 16.0. The number of nitrogens with one attached hydrogen (secondary N) is 2. The molecule has 0 aliphatic heterocycles. The SMILES string of the molecule is O=C(CCc1ccccc1)c1ccc(C(=O)N[C@@H](CNC(=O)c2cccs2)C(=O)O)c(Cl)c1. The van der Waals surface area contributed by atoms with Crippen LogP contribution in [0.5, 0.6) is 0 Å². The fourth-order valence-corrected chi connectivity index (χ4v) is 3.95. The molecule has 3 rings (SSSR count). The molecule has 1 heterocycles. The maximum Gasteiger partial charge on any atom is 0.328 e. The third kappa shape index (κ3) is 6.74. The molecule has 0 aliphatic carbocycles. The highest BCUT2D eigenvalue weighted by atomic mass is 35.5. The number of Topliss-reactive ketones (excluding diaryl/α,β-unsaturated/α-hetero) is 1. The monoisotopic (exact) mass is 484 g/mol. The molecular weight excluding hydrogens is 464 g/mol. The van der Waals surface area contributed by atoms with Crippen LogP contribution in [-0.2, 0) is 11.2 Å². The molecule has 2 aromatic carbocycles. The van der Waals surface area contributed by atoms with Crippen LogP contribution in [-0.4, -0.2) is 41.3 Å². The van der Waals surface area contributed by atoms with E-state index < -0.39 is 23.8 Å². The van der Waals surface area contributed by atoms with Gasteiger partial charge in [0, 0.05) is 18.5 Å². The van der Waals surface area contributed by atoms with Gasteiger partial charge in [0.25, 0.3) is 11.8 Å². The molecule has 0 saturated heterocycles. The highest BCUT2D eigenvalue weighted by Gasteiger charge is 2.23. The number of carbonyl (C=O) groups excluding carboxylic acids is 3. The molecule has 1 aromatic heterocycles. The van der Waals surface area contributed by atoms with Crippen LogP contribution in [0.4, 0.5) is 0 Å². The Labute approximate surface area is 199 Å². The molecule has 0 saturated carbocycles. The molecule has 1 atom stereocenters. The van der Waals surface area contributed by atoms with Crippen LogP contribution in [0.1, 0.15) is 42.4 Å². The summed E-state index contributed by atoms with van der Waals surface area (Å²) in [7, 11) is 0. The van der Waals surface area contributed by atoms with Crippen LogP contribution in [0.3, 0.4) is 0 Å². The normalized spacial score (nSPS) is 11.4. The maximum atomic E-state index is 12.6. The Morgan fingerprint density at radius 3 is 2.36 bits per heavy atom. The van der Waals surface area contributed by atoms with Gasteiger partial charge in [-0.15, -0.1) is 11.3 Å². The molecule has 0 fully saturated rings. The third-order valence-corrected chi connectivity index (χ3v) is 6.02. The Hall–Kier alpha value is -3.49. The number of carboxylic acid groups (broad SMARTS) is 1. The summed E-state index contributed by atoms with van der Waals surface area (Å²) in [6.07, 6.45) is 0.869. The second-order valence-electron chi connectivity index (χ2n) is 7.16. The third-order valence-electron chi connectivity index (χ3n) is 4.83. The van der Waals surface area contributed by atoms with E-state index in [0.29, 0.717) is 16.9 Å². The first-order valence-electron chi connectivity index (χ1n) is 10.1. The summed E-state index contributed by atoms with van der Waals surface area (Å²) in [5.74, 6) is -2.57. The molecule has 170 valence electrons. The lowest BCUT2D eigenvalue weighted by Gasteiger charge is -2.16. The molecule has 2 amide bonds. The molecule has 0 spiro atoms. The van der Waals surface area contributed by atoms with E-state index in [1.165, 1.54) is 29.5 Å². The number of aliphatic carboxylic acids is 1. The van der Waals surface area contributed by atoms with Gasteiger partial charge in [-0.3, -0.25) is 14.4 Å². The van der Waals surface area contributed by atoms with Crippen molar-refractivity contribution >= 4 is 46.5 Å². The highest BCUT2D eigenvalue weighted by molar-refractivity contribution is 7.12. The zero-order valence-electron chi connectivity index (χ0n) is 17.4. The summed E-state index contributed by atoms with van der Waals surface area (Å²) < 4.78 is 0. The Bertz CT molecular complexity index is 1150. The summed E-state index contributed by atoms with van der Waals surface area (Å²) >= 11 is 7.43. The van der Waals surface area contributed by atoms with Crippen LogP contribution in [0.2, 0.25) is 5.02 Å². The number of aryl methyl sites for hydroxylation is 1. The predicted molar refractivity (Wildman–Crippen MR) is 126 cm³/mol. The van der Waals surface area contributed by atoms with Crippen molar-refractivity contribution in [2.24, 2.45) is 0 Å². The number of halogens is 1. The number of benzene rings is 2. The Kier molecular flexibility index (Phi) is 8.34. The minimum absolute atomic E-state index is 0.0322. The van der Waals surface area contributed by atoms with E-state index in [4.69, 9.17) is 11.6 Å². The molecule has 3 N–H and O–H groups in total. The standard InChI is InChI=1S/C24H21ClN2O5S/c25-18-13-16(20(28)11-8-15-5-2-1-3-6-15)9-10-17(18)22(29)27-19(24(31)32)14-26-23(30)21-7-4-12-33-21/h1-7,9-10,12-13,19H,8,11,14H2,(H,26,30)(H,27,29)(H,31,32)/t19-/m0/s1. The van der Waals surface area contributed by atoms with Gasteiger partial charge in [0.05, 0.1) is 15.5 Å². The van der Waals surface area contributed by atoms with Crippen molar-refractivity contribution in [3.63, 3.8) is 0 Å². The Morgan fingerprint density at radius 1 is 0.970 bits per heavy atom. The van der Waals surface area contributed by atoms with E-state index in [0.717, 1.165) is 5.56 Å². The molecule has 0 radical (unpaired) electrons. The van der Waals surface area contributed by atoms with Gasteiger partial charge >= 0.3 is 5.97 Å². The molecule has 0 aliphatic rings. The van der Waals surface area contributed by atoms with Crippen molar-refractivity contribution in [2.75, 3.05) is 6.54 Å². The summed E-state index contributed by atoms with van der Waals surface area (Å²) in [5.41, 5.74) is 1.44. The smallest absolute Gasteiger partial charge is 0.328 e. The Morgan fingerprint density at radius 2 is 1.73 bits per heavy atom. The first-order chi connectivity index (χ1) is 15.8. The van der Waals surface area contributed by atoms with Gasteiger partial charge in [-0.05, 0) is 35.6 Å². The number of rotatable bonds is 10. The molecule has 33 heavy (non-hydrogen) atoms. The lowest BCUT2D eigenvalue weighted by molar-refractivity contribution is -0.139. The molecule has 3 aromatic rings. The molecule has 9 heteroatoms. The number of thiophene rings is 1. The minimum Gasteiger partial charge on any atom is -0.480 e. The highest BCUT2D eigenvalue weighted by Crippen LogP contribution is 2.20. The average molecular weight is 485 g/mol. The quantitative estimate of drug-likeness (QED) is 0.378. The lowest BCUT2D eigenvalue weighted by atomic mass is 10.0. The van der Waals surface area contributed by atoms with Crippen LogP contribution < -0.4 is 10.6 Å². The zero-order chi connectivity index (χ0) is 23.8. The van der Waals surface area contributed by atoms with E-state index in [1.54, 1.807) is 17.5 Å².